The Morgan fingerprint density at radius 2 is 1.85 bits per heavy atom. The van der Waals surface area contributed by atoms with E-state index in [1.165, 1.54) is 0 Å². The number of hydrogen-bond donors (Lipinski definition) is 1. The van der Waals surface area contributed by atoms with E-state index in [2.05, 4.69) is 36.1 Å². The molecule has 0 aromatic carbocycles. The SMILES string of the molecule is CCCN(CCN(C)C)C(=S)NC. The normalized spacial score (nSPS) is 10.2. The molecule has 78 valence electrons. The number of nitrogens with zero attached hydrogens (tertiary/aromatic N) is 2. The van der Waals surface area contributed by atoms with Gasteiger partial charge < -0.3 is 15.1 Å². The summed E-state index contributed by atoms with van der Waals surface area (Å²) in [5.74, 6) is 0. The Hall–Kier alpha value is -0.350. The quantitative estimate of drug-likeness (QED) is 0.665. The first-order chi connectivity index (χ1) is 6.11. The fourth-order valence-corrected chi connectivity index (χ4v) is 1.25. The van der Waals surface area contributed by atoms with Crippen molar-refractivity contribution in [2.45, 2.75) is 13.3 Å². The van der Waals surface area contributed by atoms with E-state index in [0.717, 1.165) is 31.2 Å². The van der Waals surface area contributed by atoms with Crippen molar-refractivity contribution in [2.75, 3.05) is 40.8 Å². The average molecular weight is 203 g/mol. The Morgan fingerprint density at radius 3 is 2.23 bits per heavy atom. The Balaban J connectivity index is 3.86. The van der Waals surface area contributed by atoms with Crippen LogP contribution in [0.25, 0.3) is 0 Å². The lowest BCUT2D eigenvalue weighted by Crippen LogP contribution is -2.41. The summed E-state index contributed by atoms with van der Waals surface area (Å²) < 4.78 is 0. The van der Waals surface area contributed by atoms with E-state index in [-0.39, 0.29) is 0 Å². The zero-order valence-corrected chi connectivity index (χ0v) is 9.95. The maximum absolute atomic E-state index is 5.19. The molecule has 0 heterocycles. The van der Waals surface area contributed by atoms with E-state index < -0.39 is 0 Å². The molecule has 0 saturated carbocycles. The Labute approximate surface area is 87.1 Å². The highest BCUT2D eigenvalue weighted by Crippen LogP contribution is 1.93. The Morgan fingerprint density at radius 1 is 1.23 bits per heavy atom. The van der Waals surface area contributed by atoms with Crippen LogP contribution < -0.4 is 5.32 Å². The van der Waals surface area contributed by atoms with Gasteiger partial charge in [0.15, 0.2) is 5.11 Å². The number of rotatable bonds is 5. The lowest BCUT2D eigenvalue weighted by atomic mass is 10.4. The molecule has 3 nitrogen and oxygen atoms in total. The molecule has 0 aromatic rings. The van der Waals surface area contributed by atoms with Crippen LogP contribution in [-0.4, -0.2) is 55.7 Å². The molecule has 0 spiro atoms. The summed E-state index contributed by atoms with van der Waals surface area (Å²) in [6.07, 6.45) is 1.13. The number of nitrogens with one attached hydrogen (secondary N) is 1. The van der Waals surface area contributed by atoms with E-state index in [0.29, 0.717) is 0 Å². The highest BCUT2D eigenvalue weighted by atomic mass is 32.1. The zero-order valence-electron chi connectivity index (χ0n) is 9.13. The maximum atomic E-state index is 5.19. The van der Waals surface area contributed by atoms with Gasteiger partial charge in [0.25, 0.3) is 0 Å². The molecule has 0 rings (SSSR count). The molecule has 0 fully saturated rings. The molecular formula is C9H21N3S. The van der Waals surface area contributed by atoms with Crippen molar-refractivity contribution in [1.29, 1.82) is 0 Å². The molecule has 13 heavy (non-hydrogen) atoms. The fourth-order valence-electron chi connectivity index (χ4n) is 1.06. The van der Waals surface area contributed by atoms with E-state index in [4.69, 9.17) is 12.2 Å². The summed E-state index contributed by atoms with van der Waals surface area (Å²) in [5.41, 5.74) is 0. The largest absolute Gasteiger partial charge is 0.366 e. The predicted octanol–water partition coefficient (Wildman–Crippen LogP) is 0.764. The van der Waals surface area contributed by atoms with Gasteiger partial charge in [-0.3, -0.25) is 0 Å². The third kappa shape index (κ3) is 5.82. The van der Waals surface area contributed by atoms with Gasteiger partial charge in [0.05, 0.1) is 0 Å². The van der Waals surface area contributed by atoms with Crippen molar-refractivity contribution in [3.05, 3.63) is 0 Å². The second-order valence-corrected chi connectivity index (χ2v) is 3.73. The van der Waals surface area contributed by atoms with Crippen LogP contribution in [0.1, 0.15) is 13.3 Å². The van der Waals surface area contributed by atoms with Gasteiger partial charge in [0.1, 0.15) is 0 Å². The first-order valence-corrected chi connectivity index (χ1v) is 5.14. The summed E-state index contributed by atoms with van der Waals surface area (Å²) in [5, 5.41) is 3.86. The van der Waals surface area contributed by atoms with Gasteiger partial charge in [-0.15, -0.1) is 0 Å². The third-order valence-corrected chi connectivity index (χ3v) is 2.27. The van der Waals surface area contributed by atoms with Gasteiger partial charge in [-0.25, -0.2) is 0 Å². The predicted molar refractivity (Wildman–Crippen MR) is 62.1 cm³/mol. The van der Waals surface area contributed by atoms with Crippen molar-refractivity contribution in [2.24, 2.45) is 0 Å². The minimum atomic E-state index is 0.851. The van der Waals surface area contributed by atoms with Crippen molar-refractivity contribution >= 4 is 17.3 Å². The van der Waals surface area contributed by atoms with Gasteiger partial charge in [0.2, 0.25) is 0 Å². The molecule has 1 N–H and O–H groups in total. The molecule has 0 aliphatic heterocycles. The minimum Gasteiger partial charge on any atom is -0.366 e. The number of likely N-dealkylation sites (N-methyl/N-ethyl adjacent to an activating group) is 1. The lowest BCUT2D eigenvalue weighted by Gasteiger charge is -2.25. The lowest BCUT2D eigenvalue weighted by molar-refractivity contribution is 0.328. The second-order valence-electron chi connectivity index (χ2n) is 3.35. The molecule has 0 unspecified atom stereocenters. The van der Waals surface area contributed by atoms with Crippen LogP contribution in [0.4, 0.5) is 0 Å². The standard InChI is InChI=1S/C9H21N3S/c1-5-6-12(9(13)10-2)8-7-11(3)4/h5-8H2,1-4H3,(H,10,13). The Kier molecular flexibility index (Phi) is 6.90. The molecule has 0 aliphatic carbocycles. The zero-order chi connectivity index (χ0) is 10.3. The molecule has 0 bridgehead atoms. The van der Waals surface area contributed by atoms with Gasteiger partial charge in [-0.2, -0.15) is 0 Å². The monoisotopic (exact) mass is 203 g/mol. The smallest absolute Gasteiger partial charge is 0.168 e. The van der Waals surface area contributed by atoms with Crippen LogP contribution in [0.2, 0.25) is 0 Å². The highest BCUT2D eigenvalue weighted by Gasteiger charge is 2.06. The molecule has 4 heteroatoms. The summed E-state index contributed by atoms with van der Waals surface area (Å²) in [6, 6.07) is 0. The van der Waals surface area contributed by atoms with Crippen LogP contribution in [0.3, 0.4) is 0 Å². The summed E-state index contributed by atoms with van der Waals surface area (Å²) in [7, 11) is 6.03. The average Bonchev–Trinajstić information content (AvgIpc) is 2.10. The second kappa shape index (κ2) is 7.09. The van der Waals surface area contributed by atoms with Crippen molar-refractivity contribution in [1.82, 2.24) is 15.1 Å². The van der Waals surface area contributed by atoms with Crippen LogP contribution in [0, 0.1) is 0 Å². The molecule has 0 amide bonds. The van der Waals surface area contributed by atoms with Crippen molar-refractivity contribution in [3.8, 4) is 0 Å². The maximum Gasteiger partial charge on any atom is 0.168 e. The first kappa shape index (κ1) is 12.7. The van der Waals surface area contributed by atoms with E-state index in [1.54, 1.807) is 0 Å². The summed E-state index contributed by atoms with van der Waals surface area (Å²) >= 11 is 5.19. The third-order valence-electron chi connectivity index (χ3n) is 1.81. The first-order valence-electron chi connectivity index (χ1n) is 4.73. The molecule has 0 aromatic heterocycles. The molecule has 0 atom stereocenters. The Bertz CT molecular complexity index is 148. The minimum absolute atomic E-state index is 0.851. The van der Waals surface area contributed by atoms with E-state index in [1.807, 2.05) is 7.05 Å². The van der Waals surface area contributed by atoms with E-state index in [9.17, 15) is 0 Å². The van der Waals surface area contributed by atoms with Gasteiger partial charge >= 0.3 is 0 Å². The molecule has 0 aliphatic rings. The summed E-state index contributed by atoms with van der Waals surface area (Å²) in [6.45, 7) is 5.25. The number of thiocarbonyl (C=S) groups is 1. The summed E-state index contributed by atoms with van der Waals surface area (Å²) in [4.78, 5) is 4.37. The van der Waals surface area contributed by atoms with Crippen LogP contribution in [0.5, 0.6) is 0 Å². The van der Waals surface area contributed by atoms with Crippen molar-refractivity contribution in [3.63, 3.8) is 0 Å². The van der Waals surface area contributed by atoms with Gasteiger partial charge in [-0.1, -0.05) is 6.92 Å². The highest BCUT2D eigenvalue weighted by molar-refractivity contribution is 7.80. The molecular weight excluding hydrogens is 182 g/mol. The molecule has 0 saturated heterocycles. The molecule has 0 radical (unpaired) electrons. The topological polar surface area (TPSA) is 18.5 Å². The van der Waals surface area contributed by atoms with Gasteiger partial charge in [-0.05, 0) is 32.7 Å². The van der Waals surface area contributed by atoms with Gasteiger partial charge in [0, 0.05) is 26.7 Å². The van der Waals surface area contributed by atoms with Crippen LogP contribution in [-0.2, 0) is 0 Å². The van der Waals surface area contributed by atoms with E-state index >= 15 is 0 Å². The van der Waals surface area contributed by atoms with Crippen LogP contribution in [0.15, 0.2) is 0 Å². The van der Waals surface area contributed by atoms with Crippen LogP contribution >= 0.6 is 12.2 Å². The van der Waals surface area contributed by atoms with Crippen molar-refractivity contribution < 1.29 is 0 Å². The fraction of sp³-hybridized carbons (Fsp3) is 0.889. The number of hydrogen-bond acceptors (Lipinski definition) is 2.